The van der Waals surface area contributed by atoms with Crippen LogP contribution in [0.1, 0.15) is 158 Å². The van der Waals surface area contributed by atoms with Gasteiger partial charge in [-0.3, -0.25) is 0 Å². The number of ether oxygens (including phenoxy) is 2. The molecule has 0 radical (unpaired) electrons. The molecule has 1 fully saturated rings. The van der Waals surface area contributed by atoms with Gasteiger partial charge in [0.25, 0.3) is 0 Å². The van der Waals surface area contributed by atoms with Crippen molar-refractivity contribution in [3.8, 4) is 11.5 Å². The molecule has 4 nitrogen and oxygen atoms in total. The van der Waals surface area contributed by atoms with E-state index in [1.807, 2.05) is 0 Å². The second kappa shape index (κ2) is 24.6. The van der Waals surface area contributed by atoms with Crippen molar-refractivity contribution in [2.45, 2.75) is 159 Å². The fourth-order valence-electron chi connectivity index (χ4n) is 14.6. The summed E-state index contributed by atoms with van der Waals surface area (Å²) in [5.41, 5.74) is 7.20. The first-order valence-electron chi connectivity index (χ1n) is 31.1. The second-order valence-corrected chi connectivity index (χ2v) is 42.7. The third-order valence-electron chi connectivity index (χ3n) is 18.7. The van der Waals surface area contributed by atoms with E-state index in [2.05, 4.69) is 283 Å². The average molecular weight is 1210 g/mol. The number of rotatable bonds is 22. The summed E-state index contributed by atoms with van der Waals surface area (Å²) >= 11 is -6.45. The van der Waals surface area contributed by atoms with Crippen molar-refractivity contribution in [3.05, 3.63) is 240 Å². The van der Waals surface area contributed by atoms with Crippen molar-refractivity contribution in [2.75, 3.05) is 6.54 Å². The average Bonchev–Trinajstić information content (AvgIpc) is 1.88. The van der Waals surface area contributed by atoms with Crippen LogP contribution in [0.15, 0.2) is 206 Å². The van der Waals surface area contributed by atoms with Crippen LogP contribution in [0.4, 0.5) is 0 Å². The van der Waals surface area contributed by atoms with Gasteiger partial charge in [0.05, 0.1) is 5.56 Å². The van der Waals surface area contributed by atoms with Gasteiger partial charge >= 0.3 is 387 Å². The third-order valence-corrected chi connectivity index (χ3v) is 40.0. The molecular weight excluding hydrogens is 1120 g/mol. The van der Waals surface area contributed by atoms with Gasteiger partial charge < -0.3 is 0 Å². The molecule has 3 aliphatic heterocycles. The molecule has 11 rings (SSSR count). The molecule has 1 spiro atoms. The van der Waals surface area contributed by atoms with Crippen molar-refractivity contribution in [1.29, 1.82) is 0 Å². The van der Waals surface area contributed by atoms with Crippen LogP contribution in [0.25, 0.3) is 0 Å². The third kappa shape index (κ3) is 11.2. The number of fused-ring (bicyclic) bond motifs is 2. The molecule has 6 heteroatoms. The zero-order chi connectivity index (χ0) is 57.0. The Bertz CT molecular complexity index is 3170. The van der Waals surface area contributed by atoms with E-state index >= 15 is 0 Å². The van der Waals surface area contributed by atoms with Gasteiger partial charge in [-0.05, 0) is 35.8 Å². The van der Waals surface area contributed by atoms with Crippen LogP contribution in [0.3, 0.4) is 0 Å². The summed E-state index contributed by atoms with van der Waals surface area (Å²) in [4.78, 5) is 0. The van der Waals surface area contributed by atoms with Crippen LogP contribution in [-0.2, 0) is 5.41 Å². The van der Waals surface area contributed by atoms with Crippen molar-refractivity contribution in [2.24, 2.45) is 0 Å². The fraction of sp³-hybridized carbons (Fsp3) is 0.342. The van der Waals surface area contributed by atoms with E-state index in [0.717, 1.165) is 54.9 Å². The molecule has 0 bridgehead atoms. The Balaban J connectivity index is 0.992. The molecule has 8 aromatic rings. The van der Waals surface area contributed by atoms with Crippen LogP contribution in [0.2, 0.25) is 10.4 Å². The number of nitrogens with zero attached hydrogens (tertiary/aromatic N) is 2. The summed E-state index contributed by atoms with van der Waals surface area (Å²) in [7, 11) is 0. The Morgan fingerprint density at radius 1 is 0.463 bits per heavy atom. The Morgan fingerprint density at radius 2 is 0.817 bits per heavy atom. The number of hydrogen-bond donors (Lipinski definition) is 0. The van der Waals surface area contributed by atoms with Gasteiger partial charge in [0.15, 0.2) is 0 Å². The molecule has 0 N–H and O–H groups in total. The van der Waals surface area contributed by atoms with Crippen molar-refractivity contribution >= 4 is 65.6 Å². The summed E-state index contributed by atoms with van der Waals surface area (Å²) in [6.45, 7) is 19.4. The summed E-state index contributed by atoms with van der Waals surface area (Å²) in [6.07, 6.45) is 16.6. The zero-order valence-electron chi connectivity index (χ0n) is 50.3. The molecule has 8 aromatic carbocycles. The van der Waals surface area contributed by atoms with Crippen molar-refractivity contribution in [1.82, 2.24) is 0 Å². The molecule has 0 saturated carbocycles. The summed E-state index contributed by atoms with van der Waals surface area (Å²) in [5, 5.41) is 2.33. The standard InChI is InChI=1S/C76H90As2N2O2/c1-9-11-33-59(34-12-10-2)62-53-64-56-80-75(7,8)57-79-55-63-52-61(51-58(3)72(63)81-76(79,80)82-73(64)71(54-62)74(4,5)6)60(35-31-49-77(65-37-19-13-20-38-65,66-39-21-14-22-40-66)67-41-23-15-24-42-67)36-32-50-78(68-43-25-16-26-44-68,69-45-27-17-28-46-69)70-47-29-18-30-48-70/h13-30,37-48,51-56,59-60,77-78H,9-12,31-36,49-50,57H2,1-8H3/q+2. The summed E-state index contributed by atoms with van der Waals surface area (Å²) < 4.78 is 29.1. The minimum atomic E-state index is -3.22. The first kappa shape index (κ1) is 57.6. The predicted molar refractivity (Wildman–Crippen MR) is 353 cm³/mol. The normalized spacial score (nSPS) is 17.0. The van der Waals surface area contributed by atoms with Gasteiger partial charge in [-0.15, -0.1) is 0 Å². The monoisotopic (exact) mass is 1210 g/mol. The van der Waals surface area contributed by atoms with Crippen LogP contribution in [0.5, 0.6) is 11.5 Å². The topological polar surface area (TPSA) is 24.5 Å². The van der Waals surface area contributed by atoms with E-state index in [4.69, 9.17) is 9.47 Å². The Kier molecular flexibility index (Phi) is 17.3. The van der Waals surface area contributed by atoms with Crippen LogP contribution >= 0.6 is 0 Å². The maximum atomic E-state index is 7.59. The maximum absolute atomic E-state index is 7.59. The van der Waals surface area contributed by atoms with Gasteiger partial charge in [-0.25, -0.2) is 0 Å². The van der Waals surface area contributed by atoms with Crippen molar-refractivity contribution in [3.63, 3.8) is 0 Å². The molecule has 1 atom stereocenters. The molecule has 82 heavy (non-hydrogen) atoms. The number of unbranched alkanes of at least 4 members (excludes halogenated alkanes) is 2. The summed E-state index contributed by atoms with van der Waals surface area (Å²) in [6, 6.07) is 78.3. The molecule has 0 aromatic heterocycles. The quantitative estimate of drug-likeness (QED) is 0.0499. The van der Waals surface area contributed by atoms with Gasteiger partial charge in [-0.1, -0.05) is 66.4 Å². The van der Waals surface area contributed by atoms with E-state index in [0.29, 0.717) is 11.8 Å². The van der Waals surface area contributed by atoms with E-state index in [1.54, 1.807) is 0 Å². The Hall–Kier alpha value is -6.18. The molecule has 1 saturated heterocycles. The van der Waals surface area contributed by atoms with Gasteiger partial charge in [0.1, 0.15) is 0 Å². The number of hydrogen-bond acceptors (Lipinski definition) is 2. The number of aryl methyl sites for hydroxylation is 1. The molecule has 3 heterocycles. The van der Waals surface area contributed by atoms with Crippen molar-refractivity contribution < 1.29 is 18.6 Å². The Morgan fingerprint density at radius 3 is 1.20 bits per heavy atom. The number of benzene rings is 8. The van der Waals surface area contributed by atoms with Gasteiger partial charge in [0.2, 0.25) is 0 Å². The Labute approximate surface area is 497 Å². The molecule has 424 valence electrons. The fourth-order valence-corrected chi connectivity index (χ4v) is 35.1. The SMILES string of the molecule is CCCCC(CCCC)c1cc2c(c(C(C)(C)C)c1)OC13Oc4c(C)cc(C(CCC[AsH](c5ccccc5)(c5ccccc5)c5ccccc5)CCC[AsH](c5ccccc5)(c5ccccc5)c5ccccc5)cc4C=[N+]1CC(C)(C)[N+]3=C2. The van der Waals surface area contributed by atoms with Gasteiger partial charge in [0, 0.05) is 5.56 Å². The molecular formula is C76H90As2N2O2+2. The molecule has 1 unspecified atom stereocenters. The summed E-state index contributed by atoms with van der Waals surface area (Å²) in [5.74, 6) is 2.74. The first-order valence-corrected chi connectivity index (χ1v) is 40.4. The van der Waals surface area contributed by atoms with E-state index in [9.17, 15) is 0 Å². The molecule has 0 aliphatic carbocycles. The molecule has 3 aliphatic rings. The first-order chi connectivity index (χ1) is 39.8. The van der Waals surface area contributed by atoms with Crippen LogP contribution < -0.4 is 35.6 Å². The van der Waals surface area contributed by atoms with Gasteiger partial charge in [-0.2, -0.15) is 0 Å². The van der Waals surface area contributed by atoms with E-state index in [-0.39, 0.29) is 11.0 Å². The second-order valence-electron chi connectivity index (χ2n) is 25.8. The van der Waals surface area contributed by atoms with E-state index < -0.39 is 33.1 Å². The zero-order valence-corrected chi connectivity index (χ0v) is 54.5. The predicted octanol–water partition coefficient (Wildman–Crippen LogP) is 14.0. The van der Waals surface area contributed by atoms with Crippen LogP contribution in [0, 0.1) is 6.92 Å². The van der Waals surface area contributed by atoms with E-state index in [1.165, 1.54) is 97.3 Å². The minimum absolute atomic E-state index is 0.138. The van der Waals surface area contributed by atoms with Crippen LogP contribution in [-0.4, -0.2) is 66.8 Å². The molecule has 0 amide bonds.